The second-order valence-electron chi connectivity index (χ2n) is 4.54. The minimum atomic E-state index is -0.350. The Morgan fingerprint density at radius 2 is 1.95 bits per heavy atom. The van der Waals surface area contributed by atoms with Gasteiger partial charge in [-0.25, -0.2) is 4.39 Å². The first-order valence-corrected chi connectivity index (χ1v) is 6.44. The average Bonchev–Trinajstić information content (AvgIpc) is 2.71. The monoisotopic (exact) mass is 284 g/mol. The van der Waals surface area contributed by atoms with Gasteiger partial charge < -0.3 is 4.57 Å². The maximum absolute atomic E-state index is 14.1. The van der Waals surface area contributed by atoms with Crippen molar-refractivity contribution >= 4 is 22.5 Å². The molecule has 0 saturated heterocycles. The van der Waals surface area contributed by atoms with E-state index in [1.54, 1.807) is 41.9 Å². The quantitative estimate of drug-likeness (QED) is 0.646. The molecular weight excluding hydrogens is 275 g/mol. The zero-order valence-corrected chi connectivity index (χ0v) is 11.4. The van der Waals surface area contributed by atoms with E-state index in [2.05, 4.69) is 6.07 Å². The van der Waals surface area contributed by atoms with Gasteiger partial charge in [0.1, 0.15) is 17.6 Å². The molecule has 1 heterocycles. The average molecular weight is 285 g/mol. The maximum atomic E-state index is 14.1. The normalized spacial score (nSPS) is 10.7. The molecule has 20 heavy (non-hydrogen) atoms. The molecule has 0 aliphatic rings. The molecule has 3 rings (SSSR count). The van der Waals surface area contributed by atoms with Crippen LogP contribution in [0.25, 0.3) is 22.0 Å². The van der Waals surface area contributed by atoms with Crippen LogP contribution in [0.1, 0.15) is 5.69 Å². The van der Waals surface area contributed by atoms with Crippen molar-refractivity contribution in [3.63, 3.8) is 0 Å². The molecule has 0 N–H and O–H groups in total. The van der Waals surface area contributed by atoms with Crippen molar-refractivity contribution < 1.29 is 4.39 Å². The van der Waals surface area contributed by atoms with Crippen LogP contribution in [0.5, 0.6) is 0 Å². The van der Waals surface area contributed by atoms with E-state index in [1.807, 2.05) is 6.07 Å². The molecule has 0 spiro atoms. The Bertz CT molecular complexity index is 859. The topological polar surface area (TPSA) is 28.7 Å². The third-order valence-corrected chi connectivity index (χ3v) is 3.65. The van der Waals surface area contributed by atoms with Crippen LogP contribution in [0.4, 0.5) is 4.39 Å². The van der Waals surface area contributed by atoms with Crippen molar-refractivity contribution in [3.05, 3.63) is 59.0 Å². The number of hydrogen-bond acceptors (Lipinski definition) is 1. The number of rotatable bonds is 1. The van der Waals surface area contributed by atoms with Crippen LogP contribution >= 0.6 is 11.6 Å². The summed E-state index contributed by atoms with van der Waals surface area (Å²) >= 11 is 6.04. The molecular formula is C16H10ClFN2. The summed E-state index contributed by atoms with van der Waals surface area (Å²) in [6.07, 6.45) is 0. The molecule has 0 bridgehead atoms. The molecule has 0 radical (unpaired) electrons. The molecule has 0 saturated carbocycles. The van der Waals surface area contributed by atoms with Gasteiger partial charge in [-0.05, 0) is 24.3 Å². The van der Waals surface area contributed by atoms with E-state index in [0.29, 0.717) is 21.8 Å². The summed E-state index contributed by atoms with van der Waals surface area (Å²) < 4.78 is 15.8. The van der Waals surface area contributed by atoms with Crippen molar-refractivity contribution in [1.82, 2.24) is 4.57 Å². The second-order valence-corrected chi connectivity index (χ2v) is 4.97. The van der Waals surface area contributed by atoms with E-state index < -0.39 is 0 Å². The zero-order chi connectivity index (χ0) is 14.3. The summed E-state index contributed by atoms with van der Waals surface area (Å²) in [5, 5.41) is 10.7. The highest BCUT2D eigenvalue weighted by Gasteiger charge is 2.19. The minimum Gasteiger partial charge on any atom is -0.335 e. The second kappa shape index (κ2) is 4.66. The lowest BCUT2D eigenvalue weighted by atomic mass is 10.0. The highest BCUT2D eigenvalue weighted by Crippen LogP contribution is 2.36. The summed E-state index contributed by atoms with van der Waals surface area (Å²) in [5.74, 6) is -0.350. The summed E-state index contributed by atoms with van der Waals surface area (Å²) in [6.45, 7) is 0. The van der Waals surface area contributed by atoms with Gasteiger partial charge in [-0.2, -0.15) is 5.26 Å². The van der Waals surface area contributed by atoms with Crippen LogP contribution in [0.2, 0.25) is 5.02 Å². The van der Waals surface area contributed by atoms with E-state index in [9.17, 15) is 9.65 Å². The Kier molecular flexibility index (Phi) is 2.96. The van der Waals surface area contributed by atoms with E-state index in [-0.39, 0.29) is 5.82 Å². The molecule has 2 nitrogen and oxygen atoms in total. The molecule has 0 amide bonds. The van der Waals surface area contributed by atoms with Gasteiger partial charge >= 0.3 is 0 Å². The predicted octanol–water partition coefficient (Wildman–Crippen LogP) is 4.51. The van der Waals surface area contributed by atoms with Gasteiger partial charge in [-0.1, -0.05) is 29.8 Å². The Hall–Kier alpha value is -2.31. The molecule has 98 valence electrons. The first-order chi connectivity index (χ1) is 9.63. The molecule has 3 aromatic rings. The van der Waals surface area contributed by atoms with Crippen molar-refractivity contribution in [2.75, 3.05) is 0 Å². The van der Waals surface area contributed by atoms with Gasteiger partial charge in [-0.3, -0.25) is 0 Å². The number of aryl methyl sites for hydroxylation is 1. The van der Waals surface area contributed by atoms with Gasteiger partial charge in [0.05, 0.1) is 0 Å². The van der Waals surface area contributed by atoms with E-state index in [0.717, 1.165) is 10.9 Å². The molecule has 2 aromatic carbocycles. The van der Waals surface area contributed by atoms with E-state index in [1.165, 1.54) is 6.07 Å². The Morgan fingerprint density at radius 3 is 2.65 bits per heavy atom. The lowest BCUT2D eigenvalue weighted by Gasteiger charge is -2.03. The van der Waals surface area contributed by atoms with Crippen molar-refractivity contribution in [3.8, 4) is 17.2 Å². The molecule has 0 fully saturated rings. The smallest absolute Gasteiger partial charge is 0.131 e. The number of benzene rings is 2. The fourth-order valence-corrected chi connectivity index (χ4v) is 2.66. The Labute approximate surface area is 120 Å². The molecule has 4 heteroatoms. The largest absolute Gasteiger partial charge is 0.335 e. The van der Waals surface area contributed by atoms with Gasteiger partial charge in [0.2, 0.25) is 0 Å². The number of aromatic nitrogens is 1. The van der Waals surface area contributed by atoms with Crippen LogP contribution < -0.4 is 0 Å². The fourth-order valence-electron chi connectivity index (χ4n) is 2.48. The number of fused-ring (bicyclic) bond motifs is 1. The number of nitrogens with zero attached hydrogens (tertiary/aromatic N) is 2. The SMILES string of the molecule is Cn1c(C#N)c(-c2ccccc2F)c2cc(Cl)ccc21. The standard InChI is InChI=1S/C16H10ClFN2/c1-20-14-7-6-10(17)8-12(14)16(15(20)9-19)11-4-2-3-5-13(11)18/h2-8H,1H3. The van der Waals surface area contributed by atoms with Crippen molar-refractivity contribution in [2.24, 2.45) is 7.05 Å². The van der Waals surface area contributed by atoms with Gasteiger partial charge in [0.15, 0.2) is 0 Å². The first-order valence-electron chi connectivity index (χ1n) is 6.06. The van der Waals surface area contributed by atoms with Crippen LogP contribution in [0.3, 0.4) is 0 Å². The lowest BCUT2D eigenvalue weighted by Crippen LogP contribution is -1.92. The third-order valence-electron chi connectivity index (χ3n) is 3.41. The summed E-state index contributed by atoms with van der Waals surface area (Å²) in [4.78, 5) is 0. The number of hydrogen-bond donors (Lipinski definition) is 0. The van der Waals surface area contributed by atoms with Crippen molar-refractivity contribution in [1.29, 1.82) is 5.26 Å². The van der Waals surface area contributed by atoms with Crippen LogP contribution in [0, 0.1) is 17.1 Å². The number of nitriles is 1. The zero-order valence-electron chi connectivity index (χ0n) is 10.7. The summed E-state index contributed by atoms with van der Waals surface area (Å²) in [5.41, 5.74) is 2.28. The van der Waals surface area contributed by atoms with Gasteiger partial charge in [-0.15, -0.1) is 0 Å². The molecule has 0 unspecified atom stereocenters. The summed E-state index contributed by atoms with van der Waals surface area (Å²) in [7, 11) is 1.79. The van der Waals surface area contributed by atoms with Gasteiger partial charge in [0, 0.05) is 34.1 Å². The molecule has 0 aliphatic heterocycles. The van der Waals surface area contributed by atoms with Crippen molar-refractivity contribution in [2.45, 2.75) is 0 Å². The first kappa shape index (κ1) is 12.7. The van der Waals surface area contributed by atoms with E-state index >= 15 is 0 Å². The third kappa shape index (κ3) is 1.77. The maximum Gasteiger partial charge on any atom is 0.131 e. The van der Waals surface area contributed by atoms with Crippen LogP contribution in [-0.2, 0) is 7.05 Å². The van der Waals surface area contributed by atoms with Crippen LogP contribution in [-0.4, -0.2) is 4.57 Å². The number of halogens is 2. The Balaban J connectivity index is 2.49. The highest BCUT2D eigenvalue weighted by molar-refractivity contribution is 6.31. The summed E-state index contributed by atoms with van der Waals surface area (Å²) in [6, 6.07) is 14.0. The predicted molar refractivity (Wildman–Crippen MR) is 78.0 cm³/mol. The molecule has 0 atom stereocenters. The van der Waals surface area contributed by atoms with Gasteiger partial charge in [0.25, 0.3) is 0 Å². The minimum absolute atomic E-state index is 0.350. The highest BCUT2D eigenvalue weighted by atomic mass is 35.5. The molecule has 0 aliphatic carbocycles. The van der Waals surface area contributed by atoms with Crippen LogP contribution in [0.15, 0.2) is 42.5 Å². The Morgan fingerprint density at radius 1 is 1.20 bits per heavy atom. The molecule has 1 aromatic heterocycles. The fraction of sp³-hybridized carbons (Fsp3) is 0.0625. The lowest BCUT2D eigenvalue weighted by molar-refractivity contribution is 0.631. The van der Waals surface area contributed by atoms with E-state index in [4.69, 9.17) is 11.6 Å².